The van der Waals surface area contributed by atoms with Gasteiger partial charge in [0.15, 0.2) is 0 Å². The van der Waals surface area contributed by atoms with Gasteiger partial charge in [-0.2, -0.15) is 0 Å². The number of hydrogen-bond acceptors (Lipinski definition) is 3. The first-order chi connectivity index (χ1) is 13.4. The average molecular weight is 351 g/mol. The molecule has 6 rings (SSSR count). The van der Waals surface area contributed by atoms with E-state index in [1.165, 1.54) is 5.56 Å². The average Bonchev–Trinajstić information content (AvgIpc) is 3.26. The number of benzene rings is 3. The van der Waals surface area contributed by atoms with Gasteiger partial charge < -0.3 is 14.2 Å². The third kappa shape index (κ3) is 2.21. The predicted molar refractivity (Wildman–Crippen MR) is 111 cm³/mol. The number of rotatable bonds is 2. The molecule has 0 aliphatic heterocycles. The van der Waals surface area contributed by atoms with Gasteiger partial charge in [0.05, 0.1) is 11.1 Å². The Kier molecular flexibility index (Phi) is 3.00. The molecule has 0 amide bonds. The second kappa shape index (κ2) is 5.52. The van der Waals surface area contributed by atoms with E-state index in [0.717, 1.165) is 62.9 Å². The summed E-state index contributed by atoms with van der Waals surface area (Å²) in [5, 5.41) is 7.00. The first-order valence-electron chi connectivity index (χ1n) is 9.26. The Balaban J connectivity index is 1.48. The Hall–Kier alpha value is -3.46. The van der Waals surface area contributed by atoms with Crippen molar-refractivity contribution in [3.05, 3.63) is 78.1 Å². The number of fused-ring (bicyclic) bond motifs is 6. The highest BCUT2D eigenvalue weighted by atomic mass is 16.3. The minimum atomic E-state index is 0.891. The van der Waals surface area contributed by atoms with E-state index in [1.54, 1.807) is 0 Å². The predicted octanol–water partition coefficient (Wildman–Crippen LogP) is 7.04. The van der Waals surface area contributed by atoms with Crippen molar-refractivity contribution < 1.29 is 8.83 Å². The Morgan fingerprint density at radius 3 is 2.67 bits per heavy atom. The number of furan rings is 2. The maximum absolute atomic E-state index is 6.07. The number of para-hydroxylation sites is 1. The van der Waals surface area contributed by atoms with Crippen LogP contribution in [0.25, 0.3) is 39.0 Å². The molecule has 0 radical (unpaired) electrons. The van der Waals surface area contributed by atoms with Crippen molar-refractivity contribution in [2.75, 3.05) is 5.32 Å². The summed E-state index contributed by atoms with van der Waals surface area (Å²) >= 11 is 0. The van der Waals surface area contributed by atoms with Gasteiger partial charge in [0.25, 0.3) is 0 Å². The van der Waals surface area contributed by atoms with Crippen molar-refractivity contribution in [1.82, 2.24) is 0 Å². The van der Waals surface area contributed by atoms with Gasteiger partial charge in [0.1, 0.15) is 22.5 Å². The van der Waals surface area contributed by atoms with E-state index in [2.05, 4.69) is 47.8 Å². The second-order valence-corrected chi connectivity index (χ2v) is 6.99. The molecule has 0 fully saturated rings. The van der Waals surface area contributed by atoms with Crippen LogP contribution in [0.1, 0.15) is 17.7 Å². The highest BCUT2D eigenvalue weighted by Crippen LogP contribution is 2.37. The SMILES string of the molecule is C1=Cc2c(oc3cccc(Nc4ccc5c(c4)oc4ccccc45)c23)CC1. The van der Waals surface area contributed by atoms with E-state index in [-0.39, 0.29) is 0 Å². The first kappa shape index (κ1) is 14.7. The molecule has 3 heteroatoms. The van der Waals surface area contributed by atoms with Crippen LogP contribution in [0.2, 0.25) is 0 Å². The lowest BCUT2D eigenvalue weighted by molar-refractivity contribution is 0.546. The fraction of sp³-hybridized carbons (Fsp3) is 0.0833. The van der Waals surface area contributed by atoms with Gasteiger partial charge in [0.2, 0.25) is 0 Å². The first-order valence-corrected chi connectivity index (χ1v) is 9.26. The molecule has 27 heavy (non-hydrogen) atoms. The largest absolute Gasteiger partial charge is 0.460 e. The smallest absolute Gasteiger partial charge is 0.137 e. The highest BCUT2D eigenvalue weighted by Gasteiger charge is 2.17. The van der Waals surface area contributed by atoms with E-state index in [0.29, 0.717) is 0 Å². The molecule has 3 nitrogen and oxygen atoms in total. The molecular weight excluding hydrogens is 334 g/mol. The topological polar surface area (TPSA) is 38.3 Å². The molecule has 2 heterocycles. The third-order valence-electron chi connectivity index (χ3n) is 5.31. The molecule has 0 spiro atoms. The molecule has 1 aliphatic rings. The summed E-state index contributed by atoms with van der Waals surface area (Å²) in [6.07, 6.45) is 6.40. The van der Waals surface area contributed by atoms with Gasteiger partial charge in [0, 0.05) is 34.5 Å². The lowest BCUT2D eigenvalue weighted by atomic mass is 10.0. The number of hydrogen-bond donors (Lipinski definition) is 1. The maximum Gasteiger partial charge on any atom is 0.137 e. The quantitative estimate of drug-likeness (QED) is 0.371. The van der Waals surface area contributed by atoms with Crippen LogP contribution in [0.4, 0.5) is 11.4 Å². The minimum absolute atomic E-state index is 0.891. The zero-order valence-electron chi connectivity index (χ0n) is 14.7. The third-order valence-corrected chi connectivity index (χ3v) is 5.31. The molecule has 0 saturated heterocycles. The van der Waals surface area contributed by atoms with Gasteiger partial charge in [-0.3, -0.25) is 0 Å². The van der Waals surface area contributed by atoms with Crippen LogP contribution < -0.4 is 5.32 Å². The number of aryl methyl sites for hydroxylation is 1. The monoisotopic (exact) mass is 351 g/mol. The summed E-state index contributed by atoms with van der Waals surface area (Å²) in [5.74, 6) is 1.08. The van der Waals surface area contributed by atoms with Gasteiger partial charge in [-0.25, -0.2) is 0 Å². The van der Waals surface area contributed by atoms with Crippen molar-refractivity contribution in [3.63, 3.8) is 0 Å². The fourth-order valence-corrected chi connectivity index (χ4v) is 4.06. The van der Waals surface area contributed by atoms with E-state index in [9.17, 15) is 0 Å². The molecule has 2 aromatic heterocycles. The summed E-state index contributed by atoms with van der Waals surface area (Å²) in [5.41, 5.74) is 6.00. The summed E-state index contributed by atoms with van der Waals surface area (Å²) in [4.78, 5) is 0. The van der Waals surface area contributed by atoms with Crippen molar-refractivity contribution in [1.29, 1.82) is 0 Å². The van der Waals surface area contributed by atoms with Crippen molar-refractivity contribution in [2.45, 2.75) is 12.8 Å². The van der Waals surface area contributed by atoms with Gasteiger partial charge >= 0.3 is 0 Å². The molecule has 3 aromatic carbocycles. The molecule has 1 N–H and O–H groups in total. The van der Waals surface area contributed by atoms with E-state index < -0.39 is 0 Å². The normalized spacial score (nSPS) is 13.5. The number of nitrogens with one attached hydrogen (secondary N) is 1. The van der Waals surface area contributed by atoms with Crippen molar-refractivity contribution in [3.8, 4) is 0 Å². The molecular formula is C24H17NO2. The van der Waals surface area contributed by atoms with E-state index >= 15 is 0 Å². The molecule has 1 aliphatic carbocycles. The molecule has 5 aromatic rings. The molecule has 0 bridgehead atoms. The zero-order valence-corrected chi connectivity index (χ0v) is 14.7. The van der Waals surface area contributed by atoms with Crippen LogP contribution in [-0.2, 0) is 6.42 Å². The second-order valence-electron chi connectivity index (χ2n) is 6.99. The summed E-state index contributed by atoms with van der Waals surface area (Å²) in [7, 11) is 0. The number of allylic oxidation sites excluding steroid dienone is 1. The van der Waals surface area contributed by atoms with E-state index in [4.69, 9.17) is 8.83 Å². The van der Waals surface area contributed by atoms with Gasteiger partial charge in [-0.1, -0.05) is 36.4 Å². The maximum atomic E-state index is 6.07. The molecule has 0 unspecified atom stereocenters. The van der Waals surface area contributed by atoms with Crippen LogP contribution in [0.15, 0.2) is 75.6 Å². The highest BCUT2D eigenvalue weighted by molar-refractivity contribution is 6.06. The van der Waals surface area contributed by atoms with Crippen LogP contribution >= 0.6 is 0 Å². The zero-order chi connectivity index (χ0) is 17.8. The Morgan fingerprint density at radius 2 is 1.67 bits per heavy atom. The molecule has 130 valence electrons. The Bertz CT molecular complexity index is 1350. The standard InChI is InChI=1S/C24H17NO2/c1-3-9-20-16(6-1)17-13-12-15(14-23(17)27-20)25-19-8-5-11-22-24(19)18-7-2-4-10-21(18)26-22/h1-3,5-9,11-14,25H,4,10H2. The lowest BCUT2D eigenvalue weighted by Gasteiger charge is -2.09. The summed E-state index contributed by atoms with van der Waals surface area (Å²) < 4.78 is 12.1. The van der Waals surface area contributed by atoms with Crippen LogP contribution in [0.3, 0.4) is 0 Å². The van der Waals surface area contributed by atoms with Crippen LogP contribution in [0.5, 0.6) is 0 Å². The van der Waals surface area contributed by atoms with Gasteiger partial charge in [-0.05, 0) is 36.8 Å². The minimum Gasteiger partial charge on any atom is -0.460 e. The Labute approximate surface area is 155 Å². The fourth-order valence-electron chi connectivity index (χ4n) is 4.06. The summed E-state index contributed by atoms with van der Waals surface area (Å²) in [6, 6.07) is 20.6. The number of anilines is 2. The van der Waals surface area contributed by atoms with Crippen molar-refractivity contribution >= 4 is 50.4 Å². The lowest BCUT2D eigenvalue weighted by Crippen LogP contribution is -1.93. The Morgan fingerprint density at radius 1 is 0.778 bits per heavy atom. The van der Waals surface area contributed by atoms with E-state index in [1.807, 2.05) is 30.3 Å². The molecule has 0 atom stereocenters. The summed E-state index contributed by atoms with van der Waals surface area (Å²) in [6.45, 7) is 0. The van der Waals surface area contributed by atoms with Gasteiger partial charge in [-0.15, -0.1) is 0 Å². The molecule has 0 saturated carbocycles. The van der Waals surface area contributed by atoms with Crippen molar-refractivity contribution in [2.24, 2.45) is 0 Å². The van der Waals surface area contributed by atoms with Crippen LogP contribution in [0, 0.1) is 0 Å². The van der Waals surface area contributed by atoms with Crippen LogP contribution in [-0.4, -0.2) is 0 Å².